The predicted octanol–water partition coefficient (Wildman–Crippen LogP) is 3.98. The minimum atomic E-state index is -0.866. The van der Waals surface area contributed by atoms with E-state index < -0.39 is 11.0 Å². The van der Waals surface area contributed by atoms with Gasteiger partial charge in [0.05, 0.1) is 5.03 Å². The van der Waals surface area contributed by atoms with E-state index in [4.69, 9.17) is 45.3 Å². The summed E-state index contributed by atoms with van der Waals surface area (Å²) in [5, 5.41) is 8.61. The van der Waals surface area contributed by atoms with Gasteiger partial charge in [0, 0.05) is 11.8 Å². The summed E-state index contributed by atoms with van der Waals surface area (Å²) in [6.45, 7) is 5.79. The highest BCUT2D eigenvalue weighted by Gasteiger charge is 2.38. The highest BCUT2D eigenvalue weighted by Crippen LogP contribution is 2.36. The van der Waals surface area contributed by atoms with Crippen molar-refractivity contribution in [1.82, 2.24) is 10.2 Å². The van der Waals surface area contributed by atoms with E-state index in [1.54, 1.807) is 25.1 Å². The largest absolute Gasteiger partial charge is 0.465 e. The summed E-state index contributed by atoms with van der Waals surface area (Å²) >= 11 is 18.7. The number of allylic oxidation sites excluding steroid dienone is 1. The molecular weight excluding hydrogens is 333 g/mol. The first kappa shape index (κ1) is 16.4. The number of nitrogens with two attached hydrogens (primary N) is 1. The third-order valence-corrected chi connectivity index (χ3v) is 4.04. The van der Waals surface area contributed by atoms with E-state index in [1.165, 1.54) is 0 Å². The summed E-state index contributed by atoms with van der Waals surface area (Å²) in [6, 6.07) is 1.75. The number of nitrogens with zero attached hydrogens (tertiary/aromatic N) is 2. The zero-order valence-corrected chi connectivity index (χ0v) is 14.2. The van der Waals surface area contributed by atoms with Crippen molar-refractivity contribution in [2.75, 3.05) is 0 Å². The Labute approximate surface area is 138 Å². The van der Waals surface area contributed by atoms with Gasteiger partial charge in [-0.15, -0.1) is 21.8 Å². The van der Waals surface area contributed by atoms with E-state index in [0.717, 1.165) is 5.56 Å². The molecule has 1 aromatic heterocycles. The fourth-order valence-corrected chi connectivity index (χ4v) is 3.13. The van der Waals surface area contributed by atoms with Crippen molar-refractivity contribution >= 4 is 34.8 Å². The zero-order chi connectivity index (χ0) is 15.8. The maximum atomic E-state index is 6.43. The van der Waals surface area contributed by atoms with Crippen LogP contribution >= 0.6 is 34.8 Å². The standard InChI is InChI=1S/C14H16Cl3N3O/c1-7(2)9-5-11(19-20-13(9)16)21-12-10(15)4-8(18)6-14(12,3)17/h4-7,12H,18H2,1-3H3. The first-order valence-electron chi connectivity index (χ1n) is 6.45. The van der Waals surface area contributed by atoms with Gasteiger partial charge in [-0.2, -0.15) is 0 Å². The van der Waals surface area contributed by atoms with E-state index in [0.29, 0.717) is 21.8 Å². The molecule has 1 heterocycles. The van der Waals surface area contributed by atoms with Crippen molar-refractivity contribution in [1.29, 1.82) is 0 Å². The molecule has 0 bridgehead atoms. The Kier molecular flexibility index (Phi) is 4.71. The number of hydrogen-bond donors (Lipinski definition) is 1. The summed E-state index contributed by atoms with van der Waals surface area (Å²) in [6.07, 6.45) is 2.71. The van der Waals surface area contributed by atoms with Crippen LogP contribution in [0.25, 0.3) is 0 Å². The fourth-order valence-electron chi connectivity index (χ4n) is 2.07. The smallest absolute Gasteiger partial charge is 0.234 e. The monoisotopic (exact) mass is 347 g/mol. The lowest BCUT2D eigenvalue weighted by Gasteiger charge is -2.32. The van der Waals surface area contributed by atoms with Gasteiger partial charge in [0.25, 0.3) is 0 Å². The topological polar surface area (TPSA) is 61.0 Å². The number of halogens is 3. The normalized spacial score (nSPS) is 25.6. The first-order chi connectivity index (χ1) is 9.70. The molecule has 1 aliphatic rings. The van der Waals surface area contributed by atoms with Crippen LogP contribution in [-0.2, 0) is 0 Å². The molecule has 0 spiro atoms. The third-order valence-electron chi connectivity index (χ3n) is 3.13. The Balaban J connectivity index is 2.30. The van der Waals surface area contributed by atoms with Crippen molar-refractivity contribution in [3.63, 3.8) is 0 Å². The second kappa shape index (κ2) is 6.03. The number of alkyl halides is 1. The van der Waals surface area contributed by atoms with Gasteiger partial charge in [0.15, 0.2) is 11.3 Å². The van der Waals surface area contributed by atoms with Crippen molar-refractivity contribution in [3.05, 3.63) is 39.7 Å². The molecule has 0 saturated carbocycles. The molecule has 0 aliphatic heterocycles. The zero-order valence-electron chi connectivity index (χ0n) is 11.9. The Morgan fingerprint density at radius 1 is 1.33 bits per heavy atom. The van der Waals surface area contributed by atoms with E-state index in [9.17, 15) is 0 Å². The molecule has 0 radical (unpaired) electrons. The highest BCUT2D eigenvalue weighted by molar-refractivity contribution is 6.33. The Morgan fingerprint density at radius 2 is 2.00 bits per heavy atom. The molecule has 1 aliphatic carbocycles. The third kappa shape index (κ3) is 3.62. The summed E-state index contributed by atoms with van der Waals surface area (Å²) in [7, 11) is 0. The van der Waals surface area contributed by atoms with Gasteiger partial charge < -0.3 is 10.5 Å². The van der Waals surface area contributed by atoms with Gasteiger partial charge in [0.2, 0.25) is 5.88 Å². The van der Waals surface area contributed by atoms with E-state index in [-0.39, 0.29) is 5.92 Å². The molecule has 0 fully saturated rings. The molecule has 2 N–H and O–H groups in total. The minimum Gasteiger partial charge on any atom is -0.465 e. The van der Waals surface area contributed by atoms with Crippen molar-refractivity contribution in [2.45, 2.75) is 37.7 Å². The van der Waals surface area contributed by atoms with E-state index >= 15 is 0 Å². The molecule has 2 rings (SSSR count). The molecule has 7 heteroatoms. The molecule has 4 nitrogen and oxygen atoms in total. The average molecular weight is 349 g/mol. The summed E-state index contributed by atoms with van der Waals surface area (Å²) < 4.78 is 5.81. The first-order valence-corrected chi connectivity index (χ1v) is 7.58. The average Bonchev–Trinajstić information content (AvgIpc) is 2.34. The molecule has 1 aromatic rings. The Morgan fingerprint density at radius 3 is 2.57 bits per heavy atom. The van der Waals surface area contributed by atoms with E-state index in [2.05, 4.69) is 10.2 Å². The molecule has 0 amide bonds. The summed E-state index contributed by atoms with van der Waals surface area (Å²) in [4.78, 5) is -0.866. The Hall–Kier alpha value is -0.970. The lowest BCUT2D eigenvalue weighted by Crippen LogP contribution is -2.40. The van der Waals surface area contributed by atoms with Crippen LogP contribution in [-0.4, -0.2) is 21.2 Å². The lowest BCUT2D eigenvalue weighted by atomic mass is 9.97. The molecule has 114 valence electrons. The Bertz CT molecular complexity index is 611. The van der Waals surface area contributed by atoms with Gasteiger partial charge in [-0.1, -0.05) is 37.0 Å². The van der Waals surface area contributed by atoms with Crippen LogP contribution in [0.4, 0.5) is 0 Å². The predicted molar refractivity (Wildman–Crippen MR) is 86.0 cm³/mol. The number of rotatable bonds is 3. The van der Waals surface area contributed by atoms with Crippen LogP contribution in [0.5, 0.6) is 5.88 Å². The van der Waals surface area contributed by atoms with Crippen LogP contribution in [0.2, 0.25) is 5.15 Å². The van der Waals surface area contributed by atoms with Gasteiger partial charge in [-0.05, 0) is 30.6 Å². The number of aromatic nitrogens is 2. The fraction of sp³-hybridized carbons (Fsp3) is 0.429. The van der Waals surface area contributed by atoms with Gasteiger partial charge >= 0.3 is 0 Å². The van der Waals surface area contributed by atoms with Gasteiger partial charge in [-0.25, -0.2) is 0 Å². The number of hydrogen-bond acceptors (Lipinski definition) is 4. The SMILES string of the molecule is CC(C)c1cc(OC2C(Cl)=CC(N)=CC2(C)Cl)nnc1Cl. The van der Waals surface area contributed by atoms with Crippen LogP contribution in [0, 0.1) is 0 Å². The quantitative estimate of drug-likeness (QED) is 0.839. The summed E-state index contributed by atoms with van der Waals surface area (Å²) in [5.41, 5.74) is 7.11. The second-order valence-electron chi connectivity index (χ2n) is 5.41. The van der Waals surface area contributed by atoms with E-state index in [1.807, 2.05) is 13.8 Å². The van der Waals surface area contributed by atoms with Gasteiger partial charge in [0.1, 0.15) is 4.87 Å². The second-order valence-corrected chi connectivity index (χ2v) is 7.01. The molecular formula is C14H16Cl3N3O. The minimum absolute atomic E-state index is 0.200. The van der Waals surface area contributed by atoms with Crippen LogP contribution < -0.4 is 10.5 Å². The van der Waals surface area contributed by atoms with Crippen molar-refractivity contribution in [2.24, 2.45) is 5.73 Å². The molecule has 21 heavy (non-hydrogen) atoms. The van der Waals surface area contributed by atoms with Crippen LogP contribution in [0.3, 0.4) is 0 Å². The maximum absolute atomic E-state index is 6.43. The van der Waals surface area contributed by atoms with Crippen LogP contribution in [0.1, 0.15) is 32.3 Å². The van der Waals surface area contributed by atoms with Crippen LogP contribution in [0.15, 0.2) is 28.9 Å². The van der Waals surface area contributed by atoms with Gasteiger partial charge in [-0.3, -0.25) is 0 Å². The van der Waals surface area contributed by atoms with Crippen molar-refractivity contribution < 1.29 is 4.74 Å². The highest BCUT2D eigenvalue weighted by atomic mass is 35.5. The number of ether oxygens (including phenoxy) is 1. The molecule has 2 atom stereocenters. The van der Waals surface area contributed by atoms with Crippen molar-refractivity contribution in [3.8, 4) is 5.88 Å². The molecule has 0 aromatic carbocycles. The molecule has 0 saturated heterocycles. The lowest BCUT2D eigenvalue weighted by molar-refractivity contribution is 0.205. The maximum Gasteiger partial charge on any atom is 0.234 e. The summed E-state index contributed by atoms with van der Waals surface area (Å²) in [5.74, 6) is 0.519. The molecule has 2 unspecified atom stereocenters.